The number of aryl methyl sites for hydroxylation is 1. The molecule has 0 bridgehead atoms. The molecule has 0 atom stereocenters. The number of benzene rings is 1. The third-order valence-electron chi connectivity index (χ3n) is 2.73. The van der Waals surface area contributed by atoms with Crippen LogP contribution in [0.5, 0.6) is 5.75 Å². The zero-order chi connectivity index (χ0) is 13.8. The number of nitrogens with zero attached hydrogens (tertiary/aromatic N) is 1. The normalized spacial score (nSPS) is 10.5. The van der Waals surface area contributed by atoms with Crippen molar-refractivity contribution in [2.45, 2.75) is 26.9 Å². The topological polar surface area (TPSA) is 39.2 Å². The van der Waals surface area contributed by atoms with Crippen LogP contribution in [0.3, 0.4) is 0 Å². The average Bonchev–Trinajstić information content (AvgIpc) is 2.37. The Labute approximate surface area is 113 Å². The van der Waals surface area contributed by atoms with Crippen LogP contribution in [0.1, 0.15) is 29.9 Å². The molecule has 3 heteroatoms. The molecule has 1 heterocycles. The molecule has 19 heavy (non-hydrogen) atoms. The van der Waals surface area contributed by atoms with Crippen molar-refractivity contribution in [3.63, 3.8) is 0 Å². The van der Waals surface area contributed by atoms with E-state index in [0.717, 1.165) is 23.1 Å². The van der Waals surface area contributed by atoms with Crippen LogP contribution in [0.2, 0.25) is 0 Å². The van der Waals surface area contributed by atoms with Gasteiger partial charge in [-0.05, 0) is 62.2 Å². The lowest BCUT2D eigenvalue weighted by Gasteiger charge is -2.12. The molecule has 0 fully saturated rings. The molecule has 0 saturated carbocycles. The zero-order valence-electron chi connectivity index (χ0n) is 11.4. The lowest BCUT2D eigenvalue weighted by molar-refractivity contribution is 0.112. The highest BCUT2D eigenvalue weighted by Gasteiger charge is 2.07. The Balaban J connectivity index is 2.44. The van der Waals surface area contributed by atoms with Crippen molar-refractivity contribution < 1.29 is 9.53 Å². The van der Waals surface area contributed by atoms with E-state index in [1.165, 1.54) is 0 Å². The lowest BCUT2D eigenvalue weighted by atomic mass is 10.0. The van der Waals surface area contributed by atoms with Crippen LogP contribution in [-0.2, 0) is 0 Å². The van der Waals surface area contributed by atoms with Crippen LogP contribution in [0.15, 0.2) is 36.5 Å². The molecule has 98 valence electrons. The summed E-state index contributed by atoms with van der Waals surface area (Å²) in [6.45, 7) is 5.85. The van der Waals surface area contributed by atoms with Gasteiger partial charge in [-0.3, -0.25) is 9.78 Å². The fraction of sp³-hybridized carbons (Fsp3) is 0.250. The SMILES string of the molecule is Cc1cc(-c2ccc(OC(C)C)cc2C=O)ccn1. The Morgan fingerprint density at radius 1 is 1.21 bits per heavy atom. The molecule has 0 spiro atoms. The molecule has 2 rings (SSSR count). The molecule has 0 aliphatic rings. The van der Waals surface area contributed by atoms with Gasteiger partial charge in [0, 0.05) is 17.5 Å². The average molecular weight is 255 g/mol. The first kappa shape index (κ1) is 13.3. The monoisotopic (exact) mass is 255 g/mol. The maximum atomic E-state index is 11.3. The van der Waals surface area contributed by atoms with Gasteiger partial charge in [0.2, 0.25) is 0 Å². The van der Waals surface area contributed by atoms with Crippen LogP contribution < -0.4 is 4.74 Å². The van der Waals surface area contributed by atoms with Crippen molar-refractivity contribution in [2.24, 2.45) is 0 Å². The maximum Gasteiger partial charge on any atom is 0.150 e. The van der Waals surface area contributed by atoms with Crippen LogP contribution >= 0.6 is 0 Å². The Morgan fingerprint density at radius 2 is 2.00 bits per heavy atom. The van der Waals surface area contributed by atoms with E-state index in [1.54, 1.807) is 12.3 Å². The number of carbonyl (C=O) groups is 1. The van der Waals surface area contributed by atoms with Gasteiger partial charge in [-0.15, -0.1) is 0 Å². The number of hydrogen-bond donors (Lipinski definition) is 0. The van der Waals surface area contributed by atoms with Crippen molar-refractivity contribution in [3.8, 4) is 16.9 Å². The van der Waals surface area contributed by atoms with E-state index in [2.05, 4.69) is 4.98 Å². The summed E-state index contributed by atoms with van der Waals surface area (Å²) >= 11 is 0. The number of rotatable bonds is 4. The molecule has 0 unspecified atom stereocenters. The van der Waals surface area contributed by atoms with Crippen molar-refractivity contribution in [1.82, 2.24) is 4.98 Å². The molecule has 2 aromatic rings. The van der Waals surface area contributed by atoms with E-state index in [1.807, 2.05) is 45.0 Å². The summed E-state index contributed by atoms with van der Waals surface area (Å²) in [7, 11) is 0. The Hall–Kier alpha value is -2.16. The lowest BCUT2D eigenvalue weighted by Crippen LogP contribution is -2.05. The van der Waals surface area contributed by atoms with Gasteiger partial charge in [0.05, 0.1) is 6.10 Å². The van der Waals surface area contributed by atoms with Crippen LogP contribution in [0, 0.1) is 6.92 Å². The van der Waals surface area contributed by atoms with Gasteiger partial charge in [-0.25, -0.2) is 0 Å². The summed E-state index contributed by atoms with van der Waals surface area (Å²) in [6, 6.07) is 9.44. The van der Waals surface area contributed by atoms with Gasteiger partial charge in [-0.1, -0.05) is 0 Å². The highest BCUT2D eigenvalue weighted by Crippen LogP contribution is 2.27. The third kappa shape index (κ3) is 3.19. The Bertz CT molecular complexity index is 591. The minimum absolute atomic E-state index is 0.0912. The zero-order valence-corrected chi connectivity index (χ0v) is 11.4. The van der Waals surface area contributed by atoms with Gasteiger partial charge in [0.15, 0.2) is 6.29 Å². The summed E-state index contributed by atoms with van der Waals surface area (Å²) in [5.41, 5.74) is 3.45. The molecule has 0 amide bonds. The minimum Gasteiger partial charge on any atom is -0.491 e. The molecule has 0 radical (unpaired) electrons. The van der Waals surface area contributed by atoms with Crippen molar-refractivity contribution in [1.29, 1.82) is 0 Å². The fourth-order valence-electron chi connectivity index (χ4n) is 1.96. The van der Waals surface area contributed by atoms with E-state index in [9.17, 15) is 4.79 Å². The summed E-state index contributed by atoms with van der Waals surface area (Å²) in [5.74, 6) is 0.714. The highest BCUT2D eigenvalue weighted by molar-refractivity contribution is 5.88. The van der Waals surface area contributed by atoms with Gasteiger partial charge >= 0.3 is 0 Å². The molecule has 3 nitrogen and oxygen atoms in total. The molecule has 1 aromatic carbocycles. The molecule has 1 aromatic heterocycles. The number of pyridine rings is 1. The summed E-state index contributed by atoms with van der Waals surface area (Å²) in [6.07, 6.45) is 2.70. The molecular weight excluding hydrogens is 238 g/mol. The van der Waals surface area contributed by atoms with E-state index < -0.39 is 0 Å². The Kier molecular flexibility index (Phi) is 3.95. The molecular formula is C16H17NO2. The number of carbonyl (C=O) groups excluding carboxylic acids is 1. The number of aromatic nitrogens is 1. The molecule has 0 N–H and O–H groups in total. The number of hydrogen-bond acceptors (Lipinski definition) is 3. The first-order valence-corrected chi connectivity index (χ1v) is 6.29. The largest absolute Gasteiger partial charge is 0.491 e. The van der Waals surface area contributed by atoms with Gasteiger partial charge in [0.25, 0.3) is 0 Å². The second-order valence-corrected chi connectivity index (χ2v) is 4.72. The van der Waals surface area contributed by atoms with E-state index in [0.29, 0.717) is 11.3 Å². The highest BCUT2D eigenvalue weighted by atomic mass is 16.5. The quantitative estimate of drug-likeness (QED) is 0.783. The first-order chi connectivity index (χ1) is 9.10. The fourth-order valence-corrected chi connectivity index (χ4v) is 1.96. The first-order valence-electron chi connectivity index (χ1n) is 6.29. The second-order valence-electron chi connectivity index (χ2n) is 4.72. The van der Waals surface area contributed by atoms with Crippen LogP contribution in [0.25, 0.3) is 11.1 Å². The maximum absolute atomic E-state index is 11.3. The van der Waals surface area contributed by atoms with E-state index in [4.69, 9.17) is 4.74 Å². The summed E-state index contributed by atoms with van der Waals surface area (Å²) < 4.78 is 5.60. The van der Waals surface area contributed by atoms with Gasteiger partial charge in [-0.2, -0.15) is 0 Å². The van der Waals surface area contributed by atoms with Crippen LogP contribution in [0.4, 0.5) is 0 Å². The van der Waals surface area contributed by atoms with Crippen molar-refractivity contribution in [2.75, 3.05) is 0 Å². The smallest absolute Gasteiger partial charge is 0.150 e. The predicted octanol–water partition coefficient (Wildman–Crippen LogP) is 3.66. The van der Waals surface area contributed by atoms with Gasteiger partial charge in [0.1, 0.15) is 5.75 Å². The van der Waals surface area contributed by atoms with E-state index >= 15 is 0 Å². The van der Waals surface area contributed by atoms with E-state index in [-0.39, 0.29) is 6.10 Å². The van der Waals surface area contributed by atoms with Crippen molar-refractivity contribution in [3.05, 3.63) is 47.8 Å². The summed E-state index contributed by atoms with van der Waals surface area (Å²) in [4.78, 5) is 15.4. The minimum atomic E-state index is 0.0912. The number of aldehydes is 1. The number of ether oxygens (including phenoxy) is 1. The van der Waals surface area contributed by atoms with Gasteiger partial charge < -0.3 is 4.74 Å². The predicted molar refractivity (Wildman–Crippen MR) is 75.6 cm³/mol. The third-order valence-corrected chi connectivity index (χ3v) is 2.73. The molecule has 0 saturated heterocycles. The molecule has 0 aliphatic carbocycles. The standard InChI is InChI=1S/C16H17NO2/c1-11(2)19-15-4-5-16(14(9-15)10-18)13-6-7-17-12(3)8-13/h4-11H,1-3H3. The van der Waals surface area contributed by atoms with Crippen molar-refractivity contribution >= 4 is 6.29 Å². The Morgan fingerprint density at radius 3 is 2.63 bits per heavy atom. The molecule has 0 aliphatic heterocycles. The second kappa shape index (κ2) is 5.65. The summed E-state index contributed by atoms with van der Waals surface area (Å²) in [5, 5.41) is 0. The van der Waals surface area contributed by atoms with Crippen LogP contribution in [-0.4, -0.2) is 17.4 Å².